The Morgan fingerprint density at radius 3 is 2.14 bits per heavy atom. The number of amides is 1. The molecule has 0 unspecified atom stereocenters. The molecule has 1 amide bonds. The highest BCUT2D eigenvalue weighted by atomic mass is 16.6. The van der Waals surface area contributed by atoms with Gasteiger partial charge in [-0.2, -0.15) is 0 Å². The second-order valence-electron chi connectivity index (χ2n) is 5.91. The number of methoxy groups -OCH3 is 1. The molecule has 0 heterocycles. The van der Waals surface area contributed by atoms with Crippen LogP contribution < -0.4 is 10.1 Å². The first-order chi connectivity index (χ1) is 13.5. The summed E-state index contributed by atoms with van der Waals surface area (Å²) in [5, 5.41) is 2.63. The van der Waals surface area contributed by atoms with E-state index in [0.29, 0.717) is 11.3 Å². The van der Waals surface area contributed by atoms with Crippen LogP contribution in [0, 0.1) is 0 Å². The molecule has 148 valence electrons. The fraction of sp³-hybridized carbons (Fsp3) is 0.286. The van der Waals surface area contributed by atoms with Crippen molar-refractivity contribution in [1.29, 1.82) is 0 Å². The quantitative estimate of drug-likeness (QED) is 0.666. The molecule has 0 aliphatic rings. The predicted octanol–water partition coefficient (Wildman–Crippen LogP) is 2.27. The average molecular weight is 385 g/mol. The van der Waals surface area contributed by atoms with Crippen LogP contribution in [0.25, 0.3) is 0 Å². The predicted molar refractivity (Wildman–Crippen MR) is 102 cm³/mol. The van der Waals surface area contributed by atoms with Crippen LogP contribution in [0.5, 0.6) is 5.75 Å². The maximum absolute atomic E-state index is 11.8. The molecular formula is C21H23NO6. The fourth-order valence-electron chi connectivity index (χ4n) is 2.28. The van der Waals surface area contributed by atoms with Crippen LogP contribution in [0.1, 0.15) is 28.4 Å². The highest BCUT2D eigenvalue weighted by molar-refractivity contribution is 5.89. The largest absolute Gasteiger partial charge is 0.482 e. The summed E-state index contributed by atoms with van der Waals surface area (Å²) in [4.78, 5) is 34.8. The minimum absolute atomic E-state index is 0.248. The monoisotopic (exact) mass is 385 g/mol. The van der Waals surface area contributed by atoms with Gasteiger partial charge in [-0.15, -0.1) is 0 Å². The van der Waals surface area contributed by atoms with E-state index in [1.165, 1.54) is 12.7 Å². The normalized spacial score (nSPS) is 10.1. The summed E-state index contributed by atoms with van der Waals surface area (Å²) in [5.41, 5.74) is 2.40. The van der Waals surface area contributed by atoms with E-state index >= 15 is 0 Å². The Morgan fingerprint density at radius 2 is 1.54 bits per heavy atom. The first kappa shape index (κ1) is 21.0. The van der Waals surface area contributed by atoms with Crippen LogP contribution in [0.2, 0.25) is 0 Å². The summed E-state index contributed by atoms with van der Waals surface area (Å²) >= 11 is 0. The summed E-state index contributed by atoms with van der Waals surface area (Å²) in [6, 6.07) is 14.0. The van der Waals surface area contributed by atoms with Crippen molar-refractivity contribution < 1.29 is 28.6 Å². The van der Waals surface area contributed by atoms with Crippen molar-refractivity contribution in [3.63, 3.8) is 0 Å². The van der Waals surface area contributed by atoms with Crippen LogP contribution in [-0.4, -0.2) is 38.2 Å². The van der Waals surface area contributed by atoms with Crippen LogP contribution in [0.15, 0.2) is 48.5 Å². The molecule has 0 bridgehead atoms. The third-order valence-corrected chi connectivity index (χ3v) is 3.92. The lowest BCUT2D eigenvalue weighted by Crippen LogP contribution is -2.29. The Kier molecular flexibility index (Phi) is 8.02. The zero-order chi connectivity index (χ0) is 20.4. The number of benzene rings is 2. The van der Waals surface area contributed by atoms with Crippen LogP contribution in [0.4, 0.5) is 0 Å². The molecule has 0 aliphatic carbocycles. The van der Waals surface area contributed by atoms with Gasteiger partial charge in [-0.25, -0.2) is 9.59 Å². The number of aryl methyl sites for hydroxylation is 1. The lowest BCUT2D eigenvalue weighted by atomic mass is 10.1. The summed E-state index contributed by atoms with van der Waals surface area (Å²) < 4.78 is 14.8. The molecule has 28 heavy (non-hydrogen) atoms. The van der Waals surface area contributed by atoms with Gasteiger partial charge in [0.05, 0.1) is 12.7 Å². The minimum Gasteiger partial charge on any atom is -0.482 e. The van der Waals surface area contributed by atoms with E-state index in [1.807, 2.05) is 12.1 Å². The summed E-state index contributed by atoms with van der Waals surface area (Å²) in [5.74, 6) is -0.921. The zero-order valence-electron chi connectivity index (χ0n) is 15.9. The smallest absolute Gasteiger partial charge is 0.344 e. The van der Waals surface area contributed by atoms with Gasteiger partial charge >= 0.3 is 11.9 Å². The van der Waals surface area contributed by atoms with E-state index in [9.17, 15) is 14.4 Å². The standard InChI is InChI=1S/C21H23NO6/c1-3-15-6-10-18(11-7-15)27-14-20(24)28-13-19(23)22-12-16-4-8-17(9-5-16)21(25)26-2/h4-11H,3,12-14H2,1-2H3,(H,22,23). The summed E-state index contributed by atoms with van der Waals surface area (Å²) in [7, 11) is 1.31. The molecule has 0 aromatic heterocycles. The van der Waals surface area contributed by atoms with Crippen molar-refractivity contribution in [2.24, 2.45) is 0 Å². The van der Waals surface area contributed by atoms with Gasteiger partial charge in [0.25, 0.3) is 5.91 Å². The van der Waals surface area contributed by atoms with Crippen molar-refractivity contribution in [3.05, 3.63) is 65.2 Å². The van der Waals surface area contributed by atoms with Crippen molar-refractivity contribution in [3.8, 4) is 5.75 Å². The van der Waals surface area contributed by atoms with Gasteiger partial charge in [0.15, 0.2) is 13.2 Å². The molecule has 1 N–H and O–H groups in total. The Hall–Kier alpha value is -3.35. The number of rotatable bonds is 9. The van der Waals surface area contributed by atoms with Gasteiger partial charge in [0.1, 0.15) is 5.75 Å². The Balaban J connectivity index is 1.67. The first-order valence-electron chi connectivity index (χ1n) is 8.83. The maximum Gasteiger partial charge on any atom is 0.344 e. The Labute approximate surface area is 163 Å². The summed E-state index contributed by atoms with van der Waals surface area (Å²) in [6.45, 7) is 1.64. The van der Waals surface area contributed by atoms with E-state index in [-0.39, 0.29) is 13.2 Å². The Morgan fingerprint density at radius 1 is 0.893 bits per heavy atom. The van der Waals surface area contributed by atoms with Gasteiger partial charge in [-0.05, 0) is 41.8 Å². The van der Waals surface area contributed by atoms with Crippen LogP contribution >= 0.6 is 0 Å². The number of ether oxygens (including phenoxy) is 3. The van der Waals surface area contributed by atoms with E-state index in [4.69, 9.17) is 9.47 Å². The lowest BCUT2D eigenvalue weighted by molar-refractivity contribution is -0.150. The molecular weight excluding hydrogens is 362 g/mol. The van der Waals surface area contributed by atoms with E-state index < -0.39 is 24.5 Å². The molecule has 0 aliphatic heterocycles. The molecule has 0 atom stereocenters. The number of carbonyl (C=O) groups is 3. The number of carbonyl (C=O) groups excluding carboxylic acids is 3. The van der Waals surface area contributed by atoms with Crippen molar-refractivity contribution in [1.82, 2.24) is 5.32 Å². The topological polar surface area (TPSA) is 90.9 Å². The molecule has 0 radical (unpaired) electrons. The van der Waals surface area contributed by atoms with Crippen LogP contribution in [0.3, 0.4) is 0 Å². The van der Waals surface area contributed by atoms with Gasteiger partial charge < -0.3 is 19.5 Å². The van der Waals surface area contributed by atoms with E-state index in [2.05, 4.69) is 17.0 Å². The Bertz CT molecular complexity index is 799. The average Bonchev–Trinajstić information content (AvgIpc) is 2.74. The fourth-order valence-corrected chi connectivity index (χ4v) is 2.28. The maximum atomic E-state index is 11.8. The SMILES string of the molecule is CCc1ccc(OCC(=O)OCC(=O)NCc2ccc(C(=O)OC)cc2)cc1. The molecule has 2 aromatic carbocycles. The highest BCUT2D eigenvalue weighted by Gasteiger charge is 2.09. The zero-order valence-corrected chi connectivity index (χ0v) is 15.9. The van der Waals surface area contributed by atoms with Crippen molar-refractivity contribution >= 4 is 17.8 Å². The summed E-state index contributed by atoms with van der Waals surface area (Å²) in [6.07, 6.45) is 0.923. The second kappa shape index (κ2) is 10.7. The van der Waals surface area contributed by atoms with Crippen LogP contribution in [-0.2, 0) is 32.0 Å². The molecule has 7 nitrogen and oxygen atoms in total. The number of esters is 2. The van der Waals surface area contributed by atoms with Gasteiger partial charge in [-0.3, -0.25) is 4.79 Å². The van der Waals surface area contributed by atoms with Gasteiger partial charge in [0.2, 0.25) is 0 Å². The lowest BCUT2D eigenvalue weighted by Gasteiger charge is -2.08. The minimum atomic E-state index is -0.628. The molecule has 0 saturated heterocycles. The molecule has 2 rings (SSSR count). The third kappa shape index (κ3) is 6.75. The van der Waals surface area contributed by atoms with E-state index in [0.717, 1.165) is 12.0 Å². The molecule has 0 saturated carbocycles. The van der Waals surface area contributed by atoms with Gasteiger partial charge in [-0.1, -0.05) is 31.2 Å². The number of nitrogens with one attached hydrogen (secondary N) is 1. The second-order valence-corrected chi connectivity index (χ2v) is 5.91. The van der Waals surface area contributed by atoms with Crippen molar-refractivity contribution in [2.75, 3.05) is 20.3 Å². The molecule has 2 aromatic rings. The molecule has 0 fully saturated rings. The molecule has 7 heteroatoms. The number of hydrogen-bond acceptors (Lipinski definition) is 6. The first-order valence-corrected chi connectivity index (χ1v) is 8.83. The van der Waals surface area contributed by atoms with Gasteiger partial charge in [0, 0.05) is 6.54 Å². The van der Waals surface area contributed by atoms with Crippen molar-refractivity contribution in [2.45, 2.75) is 19.9 Å². The number of hydrogen-bond donors (Lipinski definition) is 1. The highest BCUT2D eigenvalue weighted by Crippen LogP contribution is 2.12. The third-order valence-electron chi connectivity index (χ3n) is 3.92. The molecule has 0 spiro atoms. The van der Waals surface area contributed by atoms with E-state index in [1.54, 1.807) is 36.4 Å².